The number of benzene rings is 4. The smallest absolute Gasteiger partial charge is 0.185 e. The highest BCUT2D eigenvalue weighted by Gasteiger charge is 2.71. The Morgan fingerprint density at radius 1 is 0.875 bits per heavy atom. The number of Topliss-reactive ketones (excluding diaryl/α,β-unsaturated/α-hetero) is 3. The maximum Gasteiger partial charge on any atom is 0.185 e. The van der Waals surface area contributed by atoms with Crippen LogP contribution in [0.15, 0.2) is 97.1 Å². The summed E-state index contributed by atoms with van der Waals surface area (Å²) in [5.41, 5.74) is 1.85. The first kappa shape index (κ1) is 24.7. The summed E-state index contributed by atoms with van der Waals surface area (Å²) in [5, 5.41) is 0.517. The maximum atomic E-state index is 15.8. The number of carbonyl (C=O) groups is 3. The molecule has 0 N–H and O–H groups in total. The molecule has 0 amide bonds. The SMILES string of the molecule is Cc1ccc(C(=O)[C@@H]2[C@H](c3ccccc3F)C3(C(=O)c4ccccc4C3=O)[C@@H]3C=Cc4cc(Cl)ccc4N23)cc1. The molecule has 4 nitrogen and oxygen atoms in total. The third-order valence-electron chi connectivity index (χ3n) is 8.61. The van der Waals surface area contributed by atoms with Crippen LogP contribution in [0.4, 0.5) is 10.1 Å². The third kappa shape index (κ3) is 3.21. The molecule has 1 saturated heterocycles. The second kappa shape index (κ2) is 8.83. The van der Waals surface area contributed by atoms with Crippen LogP contribution in [0.1, 0.15) is 53.7 Å². The third-order valence-corrected chi connectivity index (χ3v) is 8.85. The largest absolute Gasteiger partial charge is 0.352 e. The van der Waals surface area contributed by atoms with Gasteiger partial charge in [0.25, 0.3) is 0 Å². The van der Waals surface area contributed by atoms with E-state index in [-0.39, 0.29) is 11.3 Å². The van der Waals surface area contributed by atoms with Crippen LogP contribution in [0.3, 0.4) is 0 Å². The lowest BCUT2D eigenvalue weighted by Gasteiger charge is -2.37. The van der Waals surface area contributed by atoms with Gasteiger partial charge >= 0.3 is 0 Å². The predicted molar refractivity (Wildman–Crippen MR) is 153 cm³/mol. The van der Waals surface area contributed by atoms with Crippen LogP contribution >= 0.6 is 11.6 Å². The highest BCUT2D eigenvalue weighted by molar-refractivity contribution is 6.32. The molecule has 3 atom stereocenters. The molecule has 40 heavy (non-hydrogen) atoms. The molecule has 0 radical (unpaired) electrons. The highest BCUT2D eigenvalue weighted by atomic mass is 35.5. The molecule has 0 aromatic heterocycles. The topological polar surface area (TPSA) is 54.5 Å². The molecule has 0 unspecified atom stereocenters. The molecule has 0 bridgehead atoms. The van der Waals surface area contributed by atoms with Crippen molar-refractivity contribution in [2.24, 2.45) is 5.41 Å². The quantitative estimate of drug-likeness (QED) is 0.203. The number of nitrogens with zero attached hydrogens (tertiary/aromatic N) is 1. The predicted octanol–water partition coefficient (Wildman–Crippen LogP) is 7.10. The Morgan fingerprint density at radius 3 is 2.20 bits per heavy atom. The van der Waals surface area contributed by atoms with Gasteiger partial charge < -0.3 is 4.90 Å². The van der Waals surface area contributed by atoms with Gasteiger partial charge in [-0.15, -0.1) is 0 Å². The summed E-state index contributed by atoms with van der Waals surface area (Å²) < 4.78 is 15.8. The normalized spacial score (nSPS) is 21.9. The molecule has 4 aromatic rings. The minimum atomic E-state index is -1.75. The summed E-state index contributed by atoms with van der Waals surface area (Å²) in [6.45, 7) is 1.93. The van der Waals surface area contributed by atoms with Crippen LogP contribution in [0.2, 0.25) is 5.02 Å². The van der Waals surface area contributed by atoms with Gasteiger partial charge in [-0.25, -0.2) is 4.39 Å². The molecular formula is C34H23ClFNO3. The van der Waals surface area contributed by atoms with Crippen LogP contribution in [0, 0.1) is 18.2 Å². The number of carbonyl (C=O) groups excluding carboxylic acids is 3. The molecule has 196 valence electrons. The van der Waals surface area contributed by atoms with E-state index in [4.69, 9.17) is 11.6 Å². The summed E-state index contributed by atoms with van der Waals surface area (Å²) >= 11 is 6.33. The summed E-state index contributed by atoms with van der Waals surface area (Å²) in [6, 6.07) is 23.5. The average Bonchev–Trinajstić information content (AvgIpc) is 3.39. The minimum absolute atomic E-state index is 0.167. The molecular weight excluding hydrogens is 525 g/mol. The van der Waals surface area contributed by atoms with Gasteiger partial charge in [-0.3, -0.25) is 14.4 Å². The zero-order chi connectivity index (χ0) is 27.8. The van der Waals surface area contributed by atoms with Gasteiger partial charge in [0.15, 0.2) is 17.3 Å². The standard InChI is InChI=1S/C34H23ClFNO3/c1-19-10-12-20(13-11-19)31(38)30-29(25-8-4-5-9-26(25)36)34(32(39)23-6-2-3-7-24(23)33(34)40)28-17-14-21-18-22(35)15-16-27(21)37(28)30/h2-18,28-30H,1H3/t28-,29-,30-/m0/s1. The molecule has 2 aliphatic heterocycles. The number of halogens is 2. The number of hydrogen-bond acceptors (Lipinski definition) is 4. The van der Waals surface area contributed by atoms with Gasteiger partial charge in [0.2, 0.25) is 0 Å². The Hall–Kier alpha value is -4.35. The van der Waals surface area contributed by atoms with Gasteiger partial charge in [0.05, 0.1) is 6.04 Å². The molecule has 6 heteroatoms. The Labute approximate surface area is 235 Å². The lowest BCUT2D eigenvalue weighted by molar-refractivity contribution is 0.0664. The number of hydrogen-bond donors (Lipinski definition) is 0. The molecule has 7 rings (SSSR count). The van der Waals surface area contributed by atoms with Crippen LogP contribution < -0.4 is 4.90 Å². The van der Waals surface area contributed by atoms with Crippen molar-refractivity contribution in [2.45, 2.75) is 24.9 Å². The number of ketones is 3. The van der Waals surface area contributed by atoms with Crippen LogP contribution in [-0.4, -0.2) is 29.4 Å². The first-order valence-corrected chi connectivity index (χ1v) is 13.5. The second-order valence-electron chi connectivity index (χ2n) is 10.7. The van der Waals surface area contributed by atoms with Gasteiger partial charge in [-0.05, 0) is 42.3 Å². The van der Waals surface area contributed by atoms with E-state index in [1.807, 2.05) is 30.0 Å². The van der Waals surface area contributed by atoms with Gasteiger partial charge in [0, 0.05) is 33.3 Å². The van der Waals surface area contributed by atoms with Crippen molar-refractivity contribution in [1.29, 1.82) is 0 Å². The van der Waals surface area contributed by atoms with Crippen molar-refractivity contribution >= 4 is 40.7 Å². The summed E-state index contributed by atoms with van der Waals surface area (Å²) in [5.74, 6) is -2.73. The molecule has 0 saturated carbocycles. The molecule has 2 heterocycles. The second-order valence-corrected chi connectivity index (χ2v) is 11.1. The van der Waals surface area contributed by atoms with Crippen molar-refractivity contribution < 1.29 is 18.8 Å². The van der Waals surface area contributed by atoms with E-state index < -0.39 is 40.8 Å². The Bertz CT molecular complexity index is 1740. The first-order chi connectivity index (χ1) is 19.3. The fraction of sp³-hybridized carbons (Fsp3) is 0.147. The fourth-order valence-corrected chi connectivity index (χ4v) is 7.09. The fourth-order valence-electron chi connectivity index (χ4n) is 6.91. The van der Waals surface area contributed by atoms with Crippen molar-refractivity contribution in [1.82, 2.24) is 0 Å². The number of fused-ring (bicyclic) bond motifs is 5. The lowest BCUT2D eigenvalue weighted by Crippen LogP contribution is -2.48. The number of rotatable bonds is 3. The van der Waals surface area contributed by atoms with E-state index in [2.05, 4.69) is 0 Å². The highest BCUT2D eigenvalue weighted by Crippen LogP contribution is 2.61. The molecule has 1 aliphatic carbocycles. The van der Waals surface area contributed by atoms with E-state index in [1.54, 1.807) is 78.9 Å². The van der Waals surface area contributed by atoms with Gasteiger partial charge in [-0.2, -0.15) is 0 Å². The van der Waals surface area contributed by atoms with Crippen molar-refractivity contribution in [3.63, 3.8) is 0 Å². The minimum Gasteiger partial charge on any atom is -0.352 e. The molecule has 1 fully saturated rings. The monoisotopic (exact) mass is 547 g/mol. The molecule has 4 aromatic carbocycles. The lowest BCUT2D eigenvalue weighted by atomic mass is 9.64. The maximum absolute atomic E-state index is 15.8. The van der Waals surface area contributed by atoms with Crippen molar-refractivity contribution in [3.8, 4) is 0 Å². The zero-order valence-electron chi connectivity index (χ0n) is 21.5. The van der Waals surface area contributed by atoms with Crippen molar-refractivity contribution in [3.05, 3.63) is 141 Å². The van der Waals surface area contributed by atoms with Gasteiger partial charge in [-0.1, -0.05) is 96.0 Å². The Morgan fingerprint density at radius 2 is 1.52 bits per heavy atom. The summed E-state index contributed by atoms with van der Waals surface area (Å²) in [7, 11) is 0. The zero-order valence-corrected chi connectivity index (χ0v) is 22.2. The van der Waals surface area contributed by atoms with E-state index in [0.29, 0.717) is 27.4 Å². The Kier molecular flexibility index (Phi) is 5.45. The molecule has 1 spiro atoms. The van der Waals surface area contributed by atoms with E-state index in [9.17, 15) is 14.4 Å². The molecule has 3 aliphatic rings. The number of aryl methyl sites for hydroxylation is 1. The summed E-state index contributed by atoms with van der Waals surface area (Å²) in [6.07, 6.45) is 3.64. The van der Waals surface area contributed by atoms with E-state index >= 15 is 4.39 Å². The van der Waals surface area contributed by atoms with Gasteiger partial charge in [0.1, 0.15) is 17.3 Å². The van der Waals surface area contributed by atoms with Crippen LogP contribution in [0.5, 0.6) is 0 Å². The van der Waals surface area contributed by atoms with Crippen molar-refractivity contribution in [2.75, 3.05) is 4.90 Å². The first-order valence-electron chi connectivity index (χ1n) is 13.1. The van der Waals surface area contributed by atoms with Crippen LogP contribution in [0.25, 0.3) is 6.08 Å². The summed E-state index contributed by atoms with van der Waals surface area (Å²) in [4.78, 5) is 45.5. The van der Waals surface area contributed by atoms with Crippen LogP contribution in [-0.2, 0) is 0 Å². The van der Waals surface area contributed by atoms with E-state index in [0.717, 1.165) is 11.1 Å². The van der Waals surface area contributed by atoms with E-state index in [1.165, 1.54) is 6.07 Å². The average molecular weight is 548 g/mol. The Balaban J connectivity index is 1.56. The number of anilines is 1.